The standard InChI is InChI=1S/C15H15ClN2O3/c16-13-12(15(20)21)6-7-17-14(13)18-11(9-19)8-10-4-2-1-3-5-10/h1-7,11,19H,8-9H2,(H,17,18)(H,20,21). The Labute approximate surface area is 127 Å². The van der Waals surface area contributed by atoms with E-state index >= 15 is 0 Å². The third-order valence-corrected chi connectivity index (χ3v) is 3.39. The second-order valence-electron chi connectivity index (χ2n) is 4.54. The Hall–Kier alpha value is -2.11. The molecular weight excluding hydrogens is 292 g/mol. The first kappa shape index (κ1) is 15.3. The number of halogens is 1. The van der Waals surface area contributed by atoms with Gasteiger partial charge in [-0.15, -0.1) is 0 Å². The molecule has 0 amide bonds. The van der Waals surface area contributed by atoms with Crippen molar-refractivity contribution in [2.45, 2.75) is 12.5 Å². The largest absolute Gasteiger partial charge is 0.478 e. The van der Waals surface area contributed by atoms with Crippen LogP contribution in [0.3, 0.4) is 0 Å². The molecule has 3 N–H and O–H groups in total. The van der Waals surface area contributed by atoms with Gasteiger partial charge < -0.3 is 15.5 Å². The van der Waals surface area contributed by atoms with Crippen LogP contribution in [0.15, 0.2) is 42.6 Å². The number of carboxylic acids is 1. The molecule has 0 saturated heterocycles. The minimum Gasteiger partial charge on any atom is -0.478 e. The summed E-state index contributed by atoms with van der Waals surface area (Å²) in [6, 6.07) is 10.7. The zero-order chi connectivity index (χ0) is 15.2. The Morgan fingerprint density at radius 2 is 2.00 bits per heavy atom. The molecule has 0 spiro atoms. The Kier molecular flexibility index (Phi) is 5.14. The number of aliphatic hydroxyl groups excluding tert-OH is 1. The average Bonchev–Trinajstić information content (AvgIpc) is 2.49. The van der Waals surface area contributed by atoms with Crippen LogP contribution in [-0.2, 0) is 6.42 Å². The fraction of sp³-hybridized carbons (Fsp3) is 0.200. The van der Waals surface area contributed by atoms with E-state index in [1.807, 2.05) is 30.3 Å². The number of hydrogen-bond acceptors (Lipinski definition) is 4. The maximum absolute atomic E-state index is 11.0. The quantitative estimate of drug-likeness (QED) is 0.763. The molecule has 0 fully saturated rings. The van der Waals surface area contributed by atoms with E-state index in [0.717, 1.165) is 5.56 Å². The van der Waals surface area contributed by atoms with Crippen LogP contribution in [0.5, 0.6) is 0 Å². The summed E-state index contributed by atoms with van der Waals surface area (Å²) < 4.78 is 0. The van der Waals surface area contributed by atoms with E-state index in [-0.39, 0.29) is 29.1 Å². The summed E-state index contributed by atoms with van der Waals surface area (Å²) in [5.41, 5.74) is 1.03. The van der Waals surface area contributed by atoms with Gasteiger partial charge in [-0.2, -0.15) is 0 Å². The number of aromatic carboxylic acids is 1. The van der Waals surface area contributed by atoms with Gasteiger partial charge in [0.1, 0.15) is 5.82 Å². The lowest BCUT2D eigenvalue weighted by Gasteiger charge is -2.18. The number of aromatic nitrogens is 1. The smallest absolute Gasteiger partial charge is 0.337 e. The van der Waals surface area contributed by atoms with Crippen LogP contribution in [0, 0.1) is 0 Å². The van der Waals surface area contributed by atoms with Gasteiger partial charge >= 0.3 is 5.97 Å². The number of nitrogens with one attached hydrogen (secondary N) is 1. The van der Waals surface area contributed by atoms with Crippen molar-refractivity contribution in [3.05, 3.63) is 58.7 Å². The van der Waals surface area contributed by atoms with E-state index in [4.69, 9.17) is 16.7 Å². The molecule has 1 aromatic heterocycles. The van der Waals surface area contributed by atoms with E-state index in [2.05, 4.69) is 10.3 Å². The molecule has 0 aliphatic carbocycles. The van der Waals surface area contributed by atoms with Gasteiger partial charge in [0.2, 0.25) is 0 Å². The molecule has 5 nitrogen and oxygen atoms in total. The van der Waals surface area contributed by atoms with Crippen molar-refractivity contribution in [2.75, 3.05) is 11.9 Å². The van der Waals surface area contributed by atoms with Gasteiger partial charge in [-0.1, -0.05) is 41.9 Å². The summed E-state index contributed by atoms with van der Waals surface area (Å²) in [6.45, 7) is -0.121. The molecule has 1 unspecified atom stereocenters. The lowest BCUT2D eigenvalue weighted by Crippen LogP contribution is -2.27. The van der Waals surface area contributed by atoms with Crippen LogP contribution in [0.2, 0.25) is 5.02 Å². The summed E-state index contributed by atoms with van der Waals surface area (Å²) in [4.78, 5) is 15.1. The minimum absolute atomic E-state index is 0.0226. The zero-order valence-electron chi connectivity index (χ0n) is 11.2. The monoisotopic (exact) mass is 306 g/mol. The van der Waals surface area contributed by atoms with Crippen molar-refractivity contribution in [2.24, 2.45) is 0 Å². The molecular formula is C15H15ClN2O3. The molecule has 0 aliphatic rings. The third-order valence-electron chi connectivity index (χ3n) is 3.01. The Bertz CT molecular complexity index is 620. The number of benzene rings is 1. The fourth-order valence-electron chi connectivity index (χ4n) is 1.96. The molecule has 2 aromatic rings. The summed E-state index contributed by atoms with van der Waals surface area (Å²) >= 11 is 6.02. The predicted octanol–water partition coefficient (Wildman–Crippen LogP) is 2.45. The SMILES string of the molecule is O=C(O)c1ccnc(NC(CO)Cc2ccccc2)c1Cl. The fourth-order valence-corrected chi connectivity index (χ4v) is 2.21. The van der Waals surface area contributed by atoms with Crippen molar-refractivity contribution >= 4 is 23.4 Å². The number of carbonyl (C=O) groups is 1. The van der Waals surface area contributed by atoms with Crippen LogP contribution in [0.4, 0.5) is 5.82 Å². The Morgan fingerprint density at radius 3 is 2.62 bits per heavy atom. The van der Waals surface area contributed by atoms with Gasteiger partial charge in [0.05, 0.1) is 23.2 Å². The van der Waals surface area contributed by atoms with Gasteiger partial charge in [-0.25, -0.2) is 9.78 Å². The van der Waals surface area contributed by atoms with E-state index in [1.165, 1.54) is 12.3 Å². The third kappa shape index (κ3) is 3.93. The van der Waals surface area contributed by atoms with Crippen LogP contribution < -0.4 is 5.32 Å². The number of aliphatic hydroxyl groups is 1. The highest BCUT2D eigenvalue weighted by atomic mass is 35.5. The molecule has 110 valence electrons. The minimum atomic E-state index is -1.12. The van der Waals surface area contributed by atoms with Crippen molar-refractivity contribution in [3.8, 4) is 0 Å². The molecule has 21 heavy (non-hydrogen) atoms. The van der Waals surface area contributed by atoms with E-state index in [0.29, 0.717) is 6.42 Å². The van der Waals surface area contributed by atoms with Gasteiger partial charge in [-0.05, 0) is 18.1 Å². The molecule has 0 bridgehead atoms. The van der Waals surface area contributed by atoms with Gasteiger partial charge in [0, 0.05) is 6.20 Å². The Morgan fingerprint density at radius 1 is 1.29 bits per heavy atom. The summed E-state index contributed by atoms with van der Waals surface area (Å²) in [5.74, 6) is -0.861. The lowest BCUT2D eigenvalue weighted by atomic mass is 10.1. The second kappa shape index (κ2) is 7.06. The number of anilines is 1. The first-order valence-corrected chi connectivity index (χ1v) is 6.78. The predicted molar refractivity (Wildman–Crippen MR) is 80.8 cm³/mol. The van der Waals surface area contributed by atoms with Crippen LogP contribution in [0.1, 0.15) is 15.9 Å². The highest BCUT2D eigenvalue weighted by Crippen LogP contribution is 2.24. The normalized spacial score (nSPS) is 11.9. The molecule has 1 heterocycles. The number of hydrogen-bond donors (Lipinski definition) is 3. The molecule has 0 radical (unpaired) electrons. The van der Waals surface area contributed by atoms with Gasteiger partial charge in [0.25, 0.3) is 0 Å². The number of nitrogens with zero attached hydrogens (tertiary/aromatic N) is 1. The average molecular weight is 307 g/mol. The van der Waals surface area contributed by atoms with Crippen LogP contribution in [-0.4, -0.2) is 33.8 Å². The lowest BCUT2D eigenvalue weighted by molar-refractivity contribution is 0.0697. The Balaban J connectivity index is 2.15. The molecule has 0 aliphatic heterocycles. The van der Waals surface area contributed by atoms with Crippen LogP contribution in [0.25, 0.3) is 0 Å². The first-order chi connectivity index (χ1) is 10.1. The first-order valence-electron chi connectivity index (χ1n) is 6.41. The molecule has 1 aromatic carbocycles. The van der Waals surface area contributed by atoms with E-state index in [9.17, 15) is 9.90 Å². The highest BCUT2D eigenvalue weighted by molar-refractivity contribution is 6.35. The maximum atomic E-state index is 11.0. The van der Waals surface area contributed by atoms with Crippen molar-refractivity contribution in [3.63, 3.8) is 0 Å². The van der Waals surface area contributed by atoms with Crippen LogP contribution >= 0.6 is 11.6 Å². The van der Waals surface area contributed by atoms with Gasteiger partial charge in [-0.3, -0.25) is 0 Å². The maximum Gasteiger partial charge on any atom is 0.337 e. The second-order valence-corrected chi connectivity index (χ2v) is 4.92. The molecule has 2 rings (SSSR count). The zero-order valence-corrected chi connectivity index (χ0v) is 11.9. The van der Waals surface area contributed by atoms with E-state index in [1.54, 1.807) is 0 Å². The number of pyridine rings is 1. The summed E-state index contributed by atoms with van der Waals surface area (Å²) in [6.07, 6.45) is 1.95. The highest BCUT2D eigenvalue weighted by Gasteiger charge is 2.16. The van der Waals surface area contributed by atoms with Crippen molar-refractivity contribution in [1.29, 1.82) is 0 Å². The summed E-state index contributed by atoms with van der Waals surface area (Å²) in [7, 11) is 0. The summed E-state index contributed by atoms with van der Waals surface area (Å²) in [5, 5.41) is 21.5. The molecule has 0 saturated carbocycles. The van der Waals surface area contributed by atoms with E-state index < -0.39 is 5.97 Å². The molecule has 6 heteroatoms. The number of carboxylic acid groups (broad SMARTS) is 1. The van der Waals surface area contributed by atoms with Gasteiger partial charge in [0.15, 0.2) is 0 Å². The van der Waals surface area contributed by atoms with Crippen molar-refractivity contribution < 1.29 is 15.0 Å². The number of rotatable bonds is 6. The van der Waals surface area contributed by atoms with Crippen molar-refractivity contribution in [1.82, 2.24) is 4.98 Å². The topological polar surface area (TPSA) is 82.5 Å². The molecule has 1 atom stereocenters.